The zero-order valence-corrected chi connectivity index (χ0v) is 11.5. The Kier molecular flexibility index (Phi) is 5.22. The molecule has 1 aliphatic carbocycles. The van der Waals surface area contributed by atoms with Crippen LogP contribution in [0.1, 0.15) is 31.7 Å². The van der Waals surface area contributed by atoms with Crippen LogP contribution in [-0.2, 0) is 9.53 Å². The Bertz CT molecular complexity index is 448. The summed E-state index contributed by atoms with van der Waals surface area (Å²) in [6, 6.07) is 1.72. The molecule has 0 radical (unpaired) electrons. The van der Waals surface area contributed by atoms with Crippen molar-refractivity contribution in [3.05, 3.63) is 18.5 Å². The zero-order valence-electron chi connectivity index (χ0n) is 11.5. The summed E-state index contributed by atoms with van der Waals surface area (Å²) in [5, 5.41) is 6.93. The van der Waals surface area contributed by atoms with E-state index in [-0.39, 0.29) is 12.1 Å². The molecular formula is C13H18F3N3O2. The van der Waals surface area contributed by atoms with Gasteiger partial charge >= 0.3 is 6.18 Å². The van der Waals surface area contributed by atoms with Crippen LogP contribution in [0.3, 0.4) is 0 Å². The molecule has 1 N–H and O–H groups in total. The molecule has 0 aliphatic heterocycles. The van der Waals surface area contributed by atoms with Crippen LogP contribution in [0.15, 0.2) is 18.5 Å². The number of amides is 1. The molecule has 0 saturated heterocycles. The topological polar surface area (TPSA) is 56.1 Å². The molecule has 5 nitrogen and oxygen atoms in total. The van der Waals surface area contributed by atoms with Crippen LogP contribution in [0, 0.1) is 0 Å². The number of nitrogens with one attached hydrogen (secondary N) is 1. The molecule has 1 aliphatic rings. The third-order valence-electron chi connectivity index (χ3n) is 3.44. The number of halogens is 3. The van der Waals surface area contributed by atoms with E-state index in [1.54, 1.807) is 16.9 Å². The minimum absolute atomic E-state index is 0.0420. The molecule has 21 heavy (non-hydrogen) atoms. The second kappa shape index (κ2) is 6.93. The smallest absolute Gasteiger partial charge is 0.362 e. The molecule has 8 heteroatoms. The predicted molar refractivity (Wildman–Crippen MR) is 68.5 cm³/mol. The first-order chi connectivity index (χ1) is 9.96. The number of rotatable bonds is 5. The highest BCUT2D eigenvalue weighted by atomic mass is 19.4. The van der Waals surface area contributed by atoms with Crippen molar-refractivity contribution < 1.29 is 22.7 Å². The summed E-state index contributed by atoms with van der Waals surface area (Å²) in [5.41, 5.74) is 0. The van der Waals surface area contributed by atoms with E-state index in [1.165, 1.54) is 0 Å². The lowest BCUT2D eigenvalue weighted by atomic mass is 9.90. The van der Waals surface area contributed by atoms with Gasteiger partial charge in [-0.25, -0.2) is 0 Å². The highest BCUT2D eigenvalue weighted by molar-refractivity contribution is 5.77. The minimum Gasteiger partial charge on any atom is -0.362 e. The largest absolute Gasteiger partial charge is 0.411 e. The van der Waals surface area contributed by atoms with Gasteiger partial charge in [-0.3, -0.25) is 9.48 Å². The summed E-state index contributed by atoms with van der Waals surface area (Å²) in [6.07, 6.45) is 2.77. The lowest BCUT2D eigenvalue weighted by molar-refractivity contribution is -0.175. The number of ether oxygens (including phenoxy) is 1. The molecule has 1 amide bonds. The van der Waals surface area contributed by atoms with E-state index in [4.69, 9.17) is 0 Å². The van der Waals surface area contributed by atoms with Gasteiger partial charge in [0.05, 0.1) is 12.1 Å². The molecule has 0 spiro atoms. The molecule has 1 aromatic heterocycles. The Morgan fingerprint density at radius 3 is 2.81 bits per heavy atom. The number of carbonyl (C=O) groups excluding carboxylic acids is 1. The summed E-state index contributed by atoms with van der Waals surface area (Å²) >= 11 is 0. The minimum atomic E-state index is -4.41. The van der Waals surface area contributed by atoms with Crippen LogP contribution in [0.2, 0.25) is 0 Å². The fourth-order valence-corrected chi connectivity index (χ4v) is 2.58. The van der Waals surface area contributed by atoms with Gasteiger partial charge in [-0.1, -0.05) is 12.8 Å². The van der Waals surface area contributed by atoms with Gasteiger partial charge in [-0.05, 0) is 18.9 Å². The van der Waals surface area contributed by atoms with Crippen LogP contribution in [-0.4, -0.2) is 41.1 Å². The van der Waals surface area contributed by atoms with Crippen LogP contribution in [0.25, 0.3) is 0 Å². The summed E-state index contributed by atoms with van der Waals surface area (Å²) in [6.45, 7) is -1.99. The van der Waals surface area contributed by atoms with Crippen molar-refractivity contribution in [2.24, 2.45) is 0 Å². The first-order valence-electron chi connectivity index (χ1n) is 6.89. The standard InChI is InChI=1S/C13H18F3N3O2/c14-13(15,16)9-21-8-12(20)18-10-4-1-2-5-11(10)19-7-3-6-17-19/h3,6-7,10-11H,1-2,4-5,8-9H2,(H,18,20). The molecule has 1 fully saturated rings. The van der Waals surface area contributed by atoms with E-state index in [1.807, 2.05) is 6.20 Å². The van der Waals surface area contributed by atoms with E-state index < -0.39 is 25.3 Å². The van der Waals surface area contributed by atoms with Crippen molar-refractivity contribution in [2.45, 2.75) is 43.9 Å². The Morgan fingerprint density at radius 2 is 2.14 bits per heavy atom. The van der Waals surface area contributed by atoms with Crippen molar-refractivity contribution in [2.75, 3.05) is 13.2 Å². The lowest BCUT2D eigenvalue weighted by Crippen LogP contribution is -2.44. The zero-order chi connectivity index (χ0) is 15.3. The van der Waals surface area contributed by atoms with Gasteiger partial charge in [-0.15, -0.1) is 0 Å². The molecule has 0 aromatic carbocycles. The Labute approximate surface area is 120 Å². The predicted octanol–water partition coefficient (Wildman–Crippen LogP) is 2.06. The highest BCUT2D eigenvalue weighted by Crippen LogP contribution is 2.28. The van der Waals surface area contributed by atoms with Crippen molar-refractivity contribution in [1.29, 1.82) is 0 Å². The third kappa shape index (κ3) is 5.04. The average molecular weight is 305 g/mol. The van der Waals surface area contributed by atoms with Crippen LogP contribution >= 0.6 is 0 Å². The fourth-order valence-electron chi connectivity index (χ4n) is 2.58. The van der Waals surface area contributed by atoms with Gasteiger partial charge in [0.25, 0.3) is 0 Å². The van der Waals surface area contributed by atoms with E-state index in [0.29, 0.717) is 0 Å². The van der Waals surface area contributed by atoms with Gasteiger partial charge in [0.15, 0.2) is 0 Å². The number of aromatic nitrogens is 2. The maximum Gasteiger partial charge on any atom is 0.411 e. The quantitative estimate of drug-likeness (QED) is 0.906. The Balaban J connectivity index is 1.83. The van der Waals surface area contributed by atoms with Crippen LogP contribution in [0.5, 0.6) is 0 Å². The normalized spacial score (nSPS) is 23.0. The molecule has 0 bridgehead atoms. The van der Waals surface area contributed by atoms with Gasteiger partial charge in [0.1, 0.15) is 13.2 Å². The third-order valence-corrected chi connectivity index (χ3v) is 3.44. The van der Waals surface area contributed by atoms with Crippen molar-refractivity contribution in [1.82, 2.24) is 15.1 Å². The number of hydrogen-bond acceptors (Lipinski definition) is 3. The fraction of sp³-hybridized carbons (Fsp3) is 0.692. The van der Waals surface area contributed by atoms with Crippen molar-refractivity contribution in [3.63, 3.8) is 0 Å². The average Bonchev–Trinajstić information content (AvgIpc) is 2.91. The first kappa shape index (κ1) is 15.8. The van der Waals surface area contributed by atoms with Gasteiger partial charge in [0.2, 0.25) is 5.91 Å². The first-order valence-corrected chi connectivity index (χ1v) is 6.89. The number of nitrogens with zero attached hydrogens (tertiary/aromatic N) is 2. The Hall–Kier alpha value is -1.57. The molecule has 1 aromatic rings. The van der Waals surface area contributed by atoms with E-state index in [0.717, 1.165) is 25.7 Å². The molecular weight excluding hydrogens is 287 g/mol. The number of hydrogen-bond donors (Lipinski definition) is 1. The van der Waals surface area contributed by atoms with E-state index in [2.05, 4.69) is 15.2 Å². The van der Waals surface area contributed by atoms with Gasteiger partial charge in [-0.2, -0.15) is 18.3 Å². The molecule has 1 heterocycles. The summed E-state index contributed by atoms with van der Waals surface area (Å²) in [7, 11) is 0. The van der Waals surface area contributed by atoms with E-state index in [9.17, 15) is 18.0 Å². The second-order valence-electron chi connectivity index (χ2n) is 5.12. The summed E-state index contributed by atoms with van der Waals surface area (Å²) in [5.74, 6) is -0.525. The van der Waals surface area contributed by atoms with Crippen LogP contribution in [0.4, 0.5) is 13.2 Å². The van der Waals surface area contributed by atoms with Crippen molar-refractivity contribution >= 4 is 5.91 Å². The summed E-state index contributed by atoms with van der Waals surface area (Å²) < 4.78 is 42.0. The van der Waals surface area contributed by atoms with Gasteiger partial charge < -0.3 is 10.1 Å². The maximum atomic E-state index is 11.9. The monoisotopic (exact) mass is 305 g/mol. The molecule has 1 saturated carbocycles. The number of carbonyl (C=O) groups is 1. The Morgan fingerprint density at radius 1 is 1.38 bits per heavy atom. The molecule has 2 rings (SSSR count). The van der Waals surface area contributed by atoms with E-state index >= 15 is 0 Å². The summed E-state index contributed by atoms with van der Waals surface area (Å²) in [4.78, 5) is 11.7. The lowest BCUT2D eigenvalue weighted by Gasteiger charge is -2.32. The second-order valence-corrected chi connectivity index (χ2v) is 5.12. The van der Waals surface area contributed by atoms with Crippen molar-refractivity contribution in [3.8, 4) is 0 Å². The van der Waals surface area contributed by atoms with Gasteiger partial charge in [0, 0.05) is 12.4 Å². The number of alkyl halides is 3. The molecule has 2 atom stereocenters. The SMILES string of the molecule is O=C(COCC(F)(F)F)NC1CCCCC1n1cccn1. The molecule has 118 valence electrons. The van der Waals surface area contributed by atoms with Crippen LogP contribution < -0.4 is 5.32 Å². The molecule has 2 unspecified atom stereocenters. The maximum absolute atomic E-state index is 11.9. The highest BCUT2D eigenvalue weighted by Gasteiger charge is 2.30.